The van der Waals surface area contributed by atoms with Gasteiger partial charge < -0.3 is 19.3 Å². The van der Waals surface area contributed by atoms with Gasteiger partial charge in [-0.05, 0) is 6.92 Å². The second-order valence-electron chi connectivity index (χ2n) is 3.02. The zero-order valence-electron chi connectivity index (χ0n) is 7.69. The molecule has 0 radical (unpaired) electrons. The highest BCUT2D eigenvalue weighted by molar-refractivity contribution is 4.79. The van der Waals surface area contributed by atoms with Crippen LogP contribution in [0.2, 0.25) is 0 Å². The lowest BCUT2D eigenvalue weighted by atomic mass is 10.0. The van der Waals surface area contributed by atoms with Crippen LogP contribution in [0.4, 0.5) is 0 Å². The molecule has 0 aromatic carbocycles. The maximum Gasteiger partial charge on any atom is 0.181 e. The Bertz CT molecular complexity index is 125. The Labute approximate surface area is 72.4 Å². The molecule has 12 heavy (non-hydrogen) atoms. The highest BCUT2D eigenvalue weighted by Gasteiger charge is 2.34. The average Bonchev–Trinajstić information content (AvgIpc) is 2.05. The number of aliphatic hydroxyl groups excluding tert-OH is 1. The molecule has 1 aliphatic rings. The van der Waals surface area contributed by atoms with Crippen LogP contribution in [0.25, 0.3) is 0 Å². The minimum absolute atomic E-state index is 0.0124. The molecule has 0 aromatic heterocycles. The summed E-state index contributed by atoms with van der Waals surface area (Å²) in [6, 6.07) is 0. The predicted octanol–water partition coefficient (Wildman–Crippen LogP) is 0.144. The summed E-state index contributed by atoms with van der Waals surface area (Å²) in [7, 11) is 3.19. The minimum Gasteiger partial charge on any atom is -0.379 e. The van der Waals surface area contributed by atoms with Crippen molar-refractivity contribution in [3.05, 3.63) is 0 Å². The van der Waals surface area contributed by atoms with E-state index in [9.17, 15) is 5.11 Å². The molecule has 4 nitrogen and oxygen atoms in total. The third kappa shape index (κ3) is 1.95. The zero-order chi connectivity index (χ0) is 9.14. The van der Waals surface area contributed by atoms with Crippen molar-refractivity contribution in [2.45, 2.75) is 37.9 Å². The summed E-state index contributed by atoms with van der Waals surface area (Å²) in [5.74, 6) is 0. The van der Waals surface area contributed by atoms with Crippen LogP contribution in [0, 0.1) is 0 Å². The summed E-state index contributed by atoms with van der Waals surface area (Å²) in [6.07, 6.45) is -0.479. The fourth-order valence-electron chi connectivity index (χ4n) is 1.43. The van der Waals surface area contributed by atoms with Crippen molar-refractivity contribution in [3.8, 4) is 0 Å². The monoisotopic (exact) mass is 176 g/mol. The SMILES string of the molecule is COC1CC(OC)[C@H](C)OC1O. The molecular formula is C8H16O4. The smallest absolute Gasteiger partial charge is 0.181 e. The summed E-state index contributed by atoms with van der Waals surface area (Å²) in [6.45, 7) is 1.88. The van der Waals surface area contributed by atoms with Gasteiger partial charge >= 0.3 is 0 Å². The van der Waals surface area contributed by atoms with Crippen LogP contribution in [-0.4, -0.2) is 43.9 Å². The van der Waals surface area contributed by atoms with Crippen molar-refractivity contribution >= 4 is 0 Å². The normalized spacial score (nSPS) is 43.0. The molecule has 0 saturated carbocycles. The van der Waals surface area contributed by atoms with E-state index >= 15 is 0 Å². The first kappa shape index (κ1) is 9.92. The molecule has 1 N–H and O–H groups in total. The molecule has 0 bridgehead atoms. The maximum absolute atomic E-state index is 9.35. The molecule has 1 aliphatic heterocycles. The Morgan fingerprint density at radius 3 is 2.33 bits per heavy atom. The fraction of sp³-hybridized carbons (Fsp3) is 1.00. The van der Waals surface area contributed by atoms with Gasteiger partial charge in [0.1, 0.15) is 6.10 Å². The van der Waals surface area contributed by atoms with Crippen LogP contribution >= 0.6 is 0 Å². The highest BCUT2D eigenvalue weighted by atomic mass is 16.7. The topological polar surface area (TPSA) is 47.9 Å². The molecule has 0 spiro atoms. The second-order valence-corrected chi connectivity index (χ2v) is 3.02. The number of rotatable bonds is 2. The number of aliphatic hydroxyl groups is 1. The van der Waals surface area contributed by atoms with E-state index in [2.05, 4.69) is 0 Å². The Morgan fingerprint density at radius 2 is 1.83 bits per heavy atom. The molecule has 1 heterocycles. The van der Waals surface area contributed by atoms with Crippen LogP contribution in [0.1, 0.15) is 13.3 Å². The first-order valence-electron chi connectivity index (χ1n) is 4.08. The maximum atomic E-state index is 9.35. The van der Waals surface area contributed by atoms with E-state index in [0.29, 0.717) is 6.42 Å². The Morgan fingerprint density at radius 1 is 1.25 bits per heavy atom. The van der Waals surface area contributed by atoms with Gasteiger partial charge in [0.2, 0.25) is 0 Å². The quantitative estimate of drug-likeness (QED) is 0.650. The molecule has 1 fully saturated rings. The highest BCUT2D eigenvalue weighted by Crippen LogP contribution is 2.22. The first-order chi connectivity index (χ1) is 5.69. The third-order valence-corrected chi connectivity index (χ3v) is 2.27. The largest absolute Gasteiger partial charge is 0.379 e. The van der Waals surface area contributed by atoms with Crippen molar-refractivity contribution < 1.29 is 19.3 Å². The van der Waals surface area contributed by atoms with Crippen LogP contribution in [0.15, 0.2) is 0 Å². The van der Waals surface area contributed by atoms with Crippen molar-refractivity contribution in [1.82, 2.24) is 0 Å². The molecule has 0 aromatic rings. The molecular weight excluding hydrogens is 160 g/mol. The Kier molecular flexibility index (Phi) is 3.46. The van der Waals surface area contributed by atoms with E-state index < -0.39 is 6.29 Å². The van der Waals surface area contributed by atoms with E-state index in [-0.39, 0.29) is 18.3 Å². The molecule has 1 rings (SSSR count). The standard InChI is InChI=1S/C8H16O4/c1-5-6(10-2)4-7(11-3)8(9)12-5/h5-9H,4H2,1-3H3/t5-,6?,7?,8?/m0/s1. The van der Waals surface area contributed by atoms with E-state index in [1.165, 1.54) is 0 Å². The molecule has 0 aliphatic carbocycles. The van der Waals surface area contributed by atoms with Gasteiger partial charge in [0.25, 0.3) is 0 Å². The van der Waals surface area contributed by atoms with Gasteiger partial charge in [-0.2, -0.15) is 0 Å². The van der Waals surface area contributed by atoms with Gasteiger partial charge in [-0.1, -0.05) is 0 Å². The third-order valence-electron chi connectivity index (χ3n) is 2.27. The van der Waals surface area contributed by atoms with Gasteiger partial charge in [-0.25, -0.2) is 0 Å². The van der Waals surface area contributed by atoms with Crippen LogP contribution in [-0.2, 0) is 14.2 Å². The van der Waals surface area contributed by atoms with E-state index in [1.807, 2.05) is 6.92 Å². The lowest BCUT2D eigenvalue weighted by Crippen LogP contribution is -2.47. The van der Waals surface area contributed by atoms with Crippen LogP contribution in [0.3, 0.4) is 0 Å². The number of hydrogen-bond acceptors (Lipinski definition) is 4. The average molecular weight is 176 g/mol. The van der Waals surface area contributed by atoms with Gasteiger partial charge in [-0.3, -0.25) is 0 Å². The summed E-state index contributed by atoms with van der Waals surface area (Å²) >= 11 is 0. The molecule has 72 valence electrons. The van der Waals surface area contributed by atoms with Gasteiger partial charge in [-0.15, -0.1) is 0 Å². The predicted molar refractivity (Wildman–Crippen MR) is 42.8 cm³/mol. The van der Waals surface area contributed by atoms with E-state index in [0.717, 1.165) is 0 Å². The van der Waals surface area contributed by atoms with Gasteiger partial charge in [0.05, 0.1) is 12.2 Å². The minimum atomic E-state index is -0.823. The fourth-order valence-corrected chi connectivity index (χ4v) is 1.43. The lowest BCUT2D eigenvalue weighted by molar-refractivity contribution is -0.250. The Balaban J connectivity index is 2.50. The number of ether oxygens (including phenoxy) is 3. The van der Waals surface area contributed by atoms with Crippen molar-refractivity contribution in [2.24, 2.45) is 0 Å². The summed E-state index contributed by atoms with van der Waals surface area (Å²) in [5, 5.41) is 9.35. The molecule has 3 unspecified atom stereocenters. The van der Waals surface area contributed by atoms with Crippen LogP contribution in [0.5, 0.6) is 0 Å². The summed E-state index contributed by atoms with van der Waals surface area (Å²) < 4.78 is 15.4. The second kappa shape index (κ2) is 4.18. The first-order valence-corrected chi connectivity index (χ1v) is 4.08. The van der Waals surface area contributed by atoms with Crippen molar-refractivity contribution in [3.63, 3.8) is 0 Å². The molecule has 1 saturated heterocycles. The summed E-state index contributed by atoms with van der Waals surface area (Å²) in [4.78, 5) is 0. The molecule has 4 heteroatoms. The van der Waals surface area contributed by atoms with Gasteiger partial charge in [0, 0.05) is 20.6 Å². The molecule has 4 atom stereocenters. The van der Waals surface area contributed by atoms with E-state index in [1.54, 1.807) is 14.2 Å². The van der Waals surface area contributed by atoms with Crippen molar-refractivity contribution in [2.75, 3.05) is 14.2 Å². The zero-order valence-corrected chi connectivity index (χ0v) is 7.69. The number of hydrogen-bond donors (Lipinski definition) is 1. The van der Waals surface area contributed by atoms with Gasteiger partial charge in [0.15, 0.2) is 6.29 Å². The van der Waals surface area contributed by atoms with Crippen LogP contribution < -0.4 is 0 Å². The molecule has 0 amide bonds. The van der Waals surface area contributed by atoms with E-state index in [4.69, 9.17) is 14.2 Å². The summed E-state index contributed by atoms with van der Waals surface area (Å²) in [5.41, 5.74) is 0. The number of methoxy groups -OCH3 is 2. The lowest BCUT2D eigenvalue weighted by Gasteiger charge is -2.36. The van der Waals surface area contributed by atoms with Crippen molar-refractivity contribution in [1.29, 1.82) is 0 Å². The Hall–Kier alpha value is -0.160.